The Bertz CT molecular complexity index is 167. The molecule has 1 rings (SSSR count). The van der Waals surface area contributed by atoms with E-state index in [2.05, 4.69) is 6.92 Å². The van der Waals surface area contributed by atoms with Gasteiger partial charge in [0, 0.05) is 6.61 Å². The molecule has 1 saturated heterocycles. The number of allylic oxidation sites excluding steroid dienone is 1. The Hall–Kier alpha value is -0.500. The van der Waals surface area contributed by atoms with Gasteiger partial charge >= 0.3 is 0 Å². The zero-order valence-electron chi connectivity index (χ0n) is 9.42. The van der Waals surface area contributed by atoms with E-state index in [9.17, 15) is 0 Å². The molecule has 0 aliphatic carbocycles. The van der Waals surface area contributed by atoms with Gasteiger partial charge in [0.05, 0.1) is 11.9 Å². The summed E-state index contributed by atoms with van der Waals surface area (Å²) in [6.45, 7) is 5.68. The summed E-state index contributed by atoms with van der Waals surface area (Å²) in [5, 5.41) is 0. The maximum Gasteiger partial charge on any atom is 0.116 e. The monoisotopic (exact) mass is 198 g/mol. The van der Waals surface area contributed by atoms with Crippen molar-refractivity contribution in [3.8, 4) is 0 Å². The Morgan fingerprint density at radius 1 is 1.29 bits per heavy atom. The SMILES string of the molecule is C/C=C/OCC1(C)CCCCCCO1. The summed E-state index contributed by atoms with van der Waals surface area (Å²) in [7, 11) is 0. The first-order valence-electron chi connectivity index (χ1n) is 5.63. The summed E-state index contributed by atoms with van der Waals surface area (Å²) in [6, 6.07) is 0. The molecule has 1 unspecified atom stereocenters. The molecule has 1 fully saturated rings. The first-order chi connectivity index (χ1) is 6.77. The second-order valence-corrected chi connectivity index (χ2v) is 4.24. The van der Waals surface area contributed by atoms with Crippen LogP contribution in [0.2, 0.25) is 0 Å². The van der Waals surface area contributed by atoms with Crippen molar-refractivity contribution in [2.45, 2.75) is 51.6 Å². The van der Waals surface area contributed by atoms with Crippen molar-refractivity contribution in [1.29, 1.82) is 0 Å². The second-order valence-electron chi connectivity index (χ2n) is 4.24. The lowest BCUT2D eigenvalue weighted by atomic mass is 9.97. The molecule has 0 amide bonds. The Kier molecular flexibility index (Phi) is 5.02. The minimum atomic E-state index is -0.0695. The maximum atomic E-state index is 5.86. The molecule has 1 heterocycles. The van der Waals surface area contributed by atoms with Gasteiger partial charge in [-0.05, 0) is 26.7 Å². The third-order valence-corrected chi connectivity index (χ3v) is 2.67. The van der Waals surface area contributed by atoms with Crippen LogP contribution in [0.25, 0.3) is 0 Å². The lowest BCUT2D eigenvalue weighted by Crippen LogP contribution is -2.35. The van der Waals surface area contributed by atoms with Gasteiger partial charge in [-0.2, -0.15) is 0 Å². The van der Waals surface area contributed by atoms with E-state index >= 15 is 0 Å². The van der Waals surface area contributed by atoms with Gasteiger partial charge < -0.3 is 9.47 Å². The van der Waals surface area contributed by atoms with Gasteiger partial charge in [-0.1, -0.05) is 25.3 Å². The van der Waals surface area contributed by atoms with Crippen molar-refractivity contribution >= 4 is 0 Å². The van der Waals surface area contributed by atoms with Gasteiger partial charge in [0.2, 0.25) is 0 Å². The molecule has 0 aromatic carbocycles. The quantitative estimate of drug-likeness (QED) is 0.648. The van der Waals surface area contributed by atoms with E-state index in [1.807, 2.05) is 13.0 Å². The molecule has 0 bridgehead atoms. The van der Waals surface area contributed by atoms with E-state index < -0.39 is 0 Å². The Morgan fingerprint density at radius 3 is 2.86 bits per heavy atom. The zero-order valence-corrected chi connectivity index (χ0v) is 9.42. The van der Waals surface area contributed by atoms with Crippen LogP contribution >= 0.6 is 0 Å². The molecule has 1 aliphatic rings. The van der Waals surface area contributed by atoms with Crippen LogP contribution in [0, 0.1) is 0 Å². The minimum absolute atomic E-state index is 0.0695. The van der Waals surface area contributed by atoms with Crippen molar-refractivity contribution in [3.63, 3.8) is 0 Å². The minimum Gasteiger partial charge on any atom is -0.499 e. The maximum absolute atomic E-state index is 5.86. The fraction of sp³-hybridized carbons (Fsp3) is 0.833. The van der Waals surface area contributed by atoms with Crippen molar-refractivity contribution in [2.75, 3.05) is 13.2 Å². The highest BCUT2D eigenvalue weighted by atomic mass is 16.5. The largest absolute Gasteiger partial charge is 0.499 e. The smallest absolute Gasteiger partial charge is 0.116 e. The highest BCUT2D eigenvalue weighted by Crippen LogP contribution is 2.23. The van der Waals surface area contributed by atoms with Gasteiger partial charge in [0.1, 0.15) is 6.61 Å². The highest BCUT2D eigenvalue weighted by Gasteiger charge is 2.26. The summed E-state index contributed by atoms with van der Waals surface area (Å²) in [4.78, 5) is 0. The molecule has 0 aromatic heterocycles. The summed E-state index contributed by atoms with van der Waals surface area (Å²) < 4.78 is 11.3. The van der Waals surface area contributed by atoms with E-state index in [1.54, 1.807) is 6.26 Å². The standard InChI is InChI=1S/C12H22O2/c1-3-9-13-11-12(2)8-6-4-5-7-10-14-12/h3,9H,4-8,10-11H2,1-2H3/b9-3+. The van der Waals surface area contributed by atoms with Gasteiger partial charge in [0.15, 0.2) is 0 Å². The predicted octanol–water partition coefficient (Wildman–Crippen LogP) is 3.28. The topological polar surface area (TPSA) is 18.5 Å². The fourth-order valence-electron chi connectivity index (χ4n) is 1.78. The number of hydrogen-bond acceptors (Lipinski definition) is 2. The van der Waals surface area contributed by atoms with Gasteiger partial charge in [0.25, 0.3) is 0 Å². The van der Waals surface area contributed by atoms with E-state index in [-0.39, 0.29) is 5.60 Å². The molecule has 0 aromatic rings. The summed E-state index contributed by atoms with van der Waals surface area (Å²) >= 11 is 0. The van der Waals surface area contributed by atoms with Crippen LogP contribution in [-0.4, -0.2) is 18.8 Å². The second kappa shape index (κ2) is 6.07. The average molecular weight is 198 g/mol. The molecule has 14 heavy (non-hydrogen) atoms. The summed E-state index contributed by atoms with van der Waals surface area (Å²) in [5.41, 5.74) is -0.0695. The lowest BCUT2D eigenvalue weighted by molar-refractivity contribution is -0.0817. The van der Waals surface area contributed by atoms with Crippen LogP contribution in [0.1, 0.15) is 46.0 Å². The van der Waals surface area contributed by atoms with Crippen molar-refractivity contribution in [2.24, 2.45) is 0 Å². The van der Waals surface area contributed by atoms with Crippen LogP contribution in [0.5, 0.6) is 0 Å². The van der Waals surface area contributed by atoms with Crippen molar-refractivity contribution < 1.29 is 9.47 Å². The van der Waals surface area contributed by atoms with Gasteiger partial charge in [-0.25, -0.2) is 0 Å². The number of rotatable bonds is 3. The number of hydrogen-bond donors (Lipinski definition) is 0. The van der Waals surface area contributed by atoms with Crippen LogP contribution in [-0.2, 0) is 9.47 Å². The molecule has 0 spiro atoms. The van der Waals surface area contributed by atoms with Crippen molar-refractivity contribution in [3.05, 3.63) is 12.3 Å². The van der Waals surface area contributed by atoms with Crippen molar-refractivity contribution in [1.82, 2.24) is 0 Å². The molecule has 2 heteroatoms. The number of ether oxygens (including phenoxy) is 2. The average Bonchev–Trinajstić information content (AvgIpc) is 2.13. The molecule has 1 atom stereocenters. The lowest BCUT2D eigenvalue weighted by Gasteiger charge is -2.31. The predicted molar refractivity (Wildman–Crippen MR) is 58.2 cm³/mol. The zero-order chi connectivity index (χ0) is 10.3. The Balaban J connectivity index is 2.34. The third kappa shape index (κ3) is 4.14. The fourth-order valence-corrected chi connectivity index (χ4v) is 1.78. The van der Waals surface area contributed by atoms with Crippen LogP contribution in [0.3, 0.4) is 0 Å². The van der Waals surface area contributed by atoms with E-state index in [1.165, 1.54) is 25.7 Å². The van der Waals surface area contributed by atoms with Crippen LogP contribution < -0.4 is 0 Å². The van der Waals surface area contributed by atoms with E-state index in [4.69, 9.17) is 9.47 Å². The highest BCUT2D eigenvalue weighted by molar-refractivity contribution is 4.78. The molecular weight excluding hydrogens is 176 g/mol. The molecule has 0 N–H and O–H groups in total. The van der Waals surface area contributed by atoms with Crippen LogP contribution in [0.4, 0.5) is 0 Å². The first kappa shape index (κ1) is 11.6. The van der Waals surface area contributed by atoms with Gasteiger partial charge in [-0.15, -0.1) is 0 Å². The molecule has 2 nitrogen and oxygen atoms in total. The Morgan fingerprint density at radius 2 is 2.07 bits per heavy atom. The molecule has 1 aliphatic heterocycles. The molecule has 0 radical (unpaired) electrons. The van der Waals surface area contributed by atoms with Crippen LogP contribution in [0.15, 0.2) is 12.3 Å². The molecule has 0 saturated carbocycles. The van der Waals surface area contributed by atoms with Gasteiger partial charge in [-0.3, -0.25) is 0 Å². The summed E-state index contributed by atoms with van der Waals surface area (Å²) in [5.74, 6) is 0. The normalized spacial score (nSPS) is 29.9. The summed E-state index contributed by atoms with van der Waals surface area (Å²) in [6.07, 6.45) is 9.87. The van der Waals surface area contributed by atoms with E-state index in [0.29, 0.717) is 6.61 Å². The third-order valence-electron chi connectivity index (χ3n) is 2.67. The van der Waals surface area contributed by atoms with E-state index in [0.717, 1.165) is 13.0 Å². The molecular formula is C12H22O2. The first-order valence-corrected chi connectivity index (χ1v) is 5.63. The molecule has 82 valence electrons. The Labute approximate surface area is 87.3 Å².